The van der Waals surface area contributed by atoms with Crippen LogP contribution in [0.2, 0.25) is 0 Å². The fourth-order valence-electron chi connectivity index (χ4n) is 2.94. The highest BCUT2D eigenvalue weighted by atomic mass is 32.3. The van der Waals surface area contributed by atoms with Crippen LogP contribution in [0.5, 0.6) is 0 Å². The van der Waals surface area contributed by atoms with Crippen LogP contribution < -0.4 is 16.8 Å². The Morgan fingerprint density at radius 3 is 2.80 bits per heavy atom. The summed E-state index contributed by atoms with van der Waals surface area (Å²) in [7, 11) is -4.91. The molecule has 0 radical (unpaired) electrons. The number of hydrogen-bond acceptors (Lipinski definition) is 8. The zero-order chi connectivity index (χ0) is 18.4. The van der Waals surface area contributed by atoms with Gasteiger partial charge >= 0.3 is 22.5 Å². The van der Waals surface area contributed by atoms with Gasteiger partial charge in [-0.05, 0) is 0 Å². The normalized spacial score (nSPS) is 22.3. The third-order valence-corrected chi connectivity index (χ3v) is 4.29. The molecule has 1 aromatic heterocycles. The molecule has 3 rings (SSSR count). The first-order valence-corrected chi connectivity index (χ1v) is 8.68. The lowest BCUT2D eigenvalue weighted by Gasteiger charge is -2.28. The van der Waals surface area contributed by atoms with E-state index < -0.39 is 34.5 Å². The standard InChI is InChI=1S/C11H17N7O6S/c12-1-2-14-10(19)17-4-6-7(3-13)16-5-8(9(6)15-17)18(11(16)20)24-25(21,22)23/h4,7-8H,1-3,5,12-13H2,(H,14,19)(H,21,22,23)/t7-,8?/m1/s1. The summed E-state index contributed by atoms with van der Waals surface area (Å²) in [6, 6.07) is -2.81. The largest absolute Gasteiger partial charge is 0.418 e. The summed E-state index contributed by atoms with van der Waals surface area (Å²) in [5, 5.41) is 7.18. The maximum Gasteiger partial charge on any atom is 0.418 e. The average Bonchev–Trinajstić information content (AvgIpc) is 3.09. The number of aromatic nitrogens is 2. The van der Waals surface area contributed by atoms with Gasteiger partial charge < -0.3 is 21.7 Å². The van der Waals surface area contributed by atoms with Gasteiger partial charge in [0, 0.05) is 31.4 Å². The Morgan fingerprint density at radius 1 is 1.48 bits per heavy atom. The van der Waals surface area contributed by atoms with Crippen molar-refractivity contribution < 1.29 is 26.8 Å². The van der Waals surface area contributed by atoms with Crippen molar-refractivity contribution >= 4 is 22.5 Å². The van der Waals surface area contributed by atoms with Gasteiger partial charge in [-0.25, -0.2) is 9.59 Å². The molecule has 6 N–H and O–H groups in total. The van der Waals surface area contributed by atoms with Gasteiger partial charge in [0.25, 0.3) is 0 Å². The molecule has 138 valence electrons. The molecule has 1 fully saturated rings. The van der Waals surface area contributed by atoms with Crippen LogP contribution in [0.4, 0.5) is 9.59 Å². The minimum Gasteiger partial charge on any atom is -0.335 e. The SMILES string of the molecule is NCCNC(=O)n1cc2c(n1)C1CN(C(=O)N1OS(=O)(=O)O)[C@@H]2CN. The fourth-order valence-corrected chi connectivity index (χ4v) is 3.32. The Balaban J connectivity index is 1.98. The summed E-state index contributed by atoms with van der Waals surface area (Å²) in [6.07, 6.45) is 1.42. The summed E-state index contributed by atoms with van der Waals surface area (Å²) < 4.78 is 36.3. The van der Waals surface area contributed by atoms with Crippen molar-refractivity contribution in [3.05, 3.63) is 17.5 Å². The average molecular weight is 375 g/mol. The predicted molar refractivity (Wildman–Crippen MR) is 81.2 cm³/mol. The van der Waals surface area contributed by atoms with E-state index in [0.29, 0.717) is 10.6 Å². The molecule has 1 saturated heterocycles. The Kier molecular flexibility index (Phi) is 4.38. The van der Waals surface area contributed by atoms with Crippen LogP contribution in [0.25, 0.3) is 0 Å². The Labute approximate surface area is 142 Å². The molecule has 2 bridgehead atoms. The predicted octanol–water partition coefficient (Wildman–Crippen LogP) is -2.07. The second-order valence-corrected chi connectivity index (χ2v) is 6.47. The zero-order valence-electron chi connectivity index (χ0n) is 12.9. The quantitative estimate of drug-likeness (QED) is 0.419. The molecule has 14 heteroatoms. The Bertz CT molecular complexity index is 808. The van der Waals surface area contributed by atoms with E-state index in [1.807, 2.05) is 0 Å². The zero-order valence-corrected chi connectivity index (χ0v) is 13.7. The molecule has 0 saturated carbocycles. The summed E-state index contributed by atoms with van der Waals surface area (Å²) in [5.74, 6) is 0. The first kappa shape index (κ1) is 17.6. The number of rotatable bonds is 5. The van der Waals surface area contributed by atoms with Gasteiger partial charge in [-0.3, -0.25) is 4.55 Å². The van der Waals surface area contributed by atoms with Gasteiger partial charge in [0.05, 0.1) is 18.3 Å². The van der Waals surface area contributed by atoms with E-state index in [-0.39, 0.29) is 31.9 Å². The number of carbonyl (C=O) groups excluding carboxylic acids is 2. The number of urea groups is 1. The lowest BCUT2D eigenvalue weighted by atomic mass is 9.98. The maximum absolute atomic E-state index is 12.3. The smallest absolute Gasteiger partial charge is 0.335 e. The molecular formula is C11H17N7O6S. The third-order valence-electron chi connectivity index (χ3n) is 3.94. The van der Waals surface area contributed by atoms with Gasteiger partial charge in [-0.15, -0.1) is 4.28 Å². The Hall–Kier alpha value is -2.26. The highest BCUT2D eigenvalue weighted by Gasteiger charge is 2.51. The third kappa shape index (κ3) is 3.05. The van der Waals surface area contributed by atoms with E-state index >= 15 is 0 Å². The topological polar surface area (TPSA) is 186 Å². The van der Waals surface area contributed by atoms with Crippen LogP contribution in [0.15, 0.2) is 6.20 Å². The second-order valence-electron chi connectivity index (χ2n) is 5.47. The summed E-state index contributed by atoms with van der Waals surface area (Å²) in [4.78, 5) is 25.7. The molecular weight excluding hydrogens is 358 g/mol. The van der Waals surface area contributed by atoms with Gasteiger partial charge in [0.1, 0.15) is 6.04 Å². The van der Waals surface area contributed by atoms with Crippen molar-refractivity contribution in [3.8, 4) is 0 Å². The second kappa shape index (κ2) is 6.23. The van der Waals surface area contributed by atoms with Crippen molar-refractivity contribution in [2.75, 3.05) is 26.2 Å². The fraction of sp³-hybridized carbons (Fsp3) is 0.545. The van der Waals surface area contributed by atoms with E-state index in [1.54, 1.807) is 0 Å². The van der Waals surface area contributed by atoms with Crippen LogP contribution in [0.3, 0.4) is 0 Å². The number of nitrogens with one attached hydrogen (secondary N) is 1. The number of nitrogens with zero attached hydrogens (tertiary/aromatic N) is 4. The van der Waals surface area contributed by atoms with Crippen molar-refractivity contribution in [3.63, 3.8) is 0 Å². The van der Waals surface area contributed by atoms with E-state index in [4.69, 9.17) is 16.0 Å². The van der Waals surface area contributed by atoms with Crippen LogP contribution in [-0.4, -0.2) is 71.0 Å². The lowest BCUT2D eigenvalue weighted by Crippen LogP contribution is -2.38. The monoisotopic (exact) mass is 375 g/mol. The number of amides is 3. The van der Waals surface area contributed by atoms with Crippen LogP contribution in [-0.2, 0) is 14.7 Å². The molecule has 2 aliphatic rings. The molecule has 1 unspecified atom stereocenters. The summed E-state index contributed by atoms with van der Waals surface area (Å²) in [6.45, 7) is 0.584. The minimum atomic E-state index is -4.91. The molecule has 0 spiro atoms. The number of fused-ring (bicyclic) bond motifs is 4. The molecule has 13 nitrogen and oxygen atoms in total. The number of nitrogens with two attached hydrogens (primary N) is 2. The lowest BCUT2D eigenvalue weighted by molar-refractivity contribution is -0.0328. The summed E-state index contributed by atoms with van der Waals surface area (Å²) >= 11 is 0. The van der Waals surface area contributed by atoms with Crippen molar-refractivity contribution in [1.82, 2.24) is 25.1 Å². The molecule has 2 atom stereocenters. The molecule has 3 heterocycles. The van der Waals surface area contributed by atoms with Crippen molar-refractivity contribution in [2.24, 2.45) is 11.5 Å². The number of hydrogen-bond donors (Lipinski definition) is 4. The van der Waals surface area contributed by atoms with Crippen LogP contribution in [0, 0.1) is 0 Å². The molecule has 1 aromatic rings. The van der Waals surface area contributed by atoms with Crippen molar-refractivity contribution in [1.29, 1.82) is 0 Å². The summed E-state index contributed by atoms with van der Waals surface area (Å²) in [5.41, 5.74) is 11.8. The van der Waals surface area contributed by atoms with E-state index in [2.05, 4.69) is 14.7 Å². The van der Waals surface area contributed by atoms with Crippen LogP contribution in [0.1, 0.15) is 23.3 Å². The maximum atomic E-state index is 12.3. The van der Waals surface area contributed by atoms with Gasteiger partial charge in [-0.1, -0.05) is 0 Å². The van der Waals surface area contributed by atoms with Gasteiger partial charge in [-0.2, -0.15) is 23.3 Å². The van der Waals surface area contributed by atoms with Crippen molar-refractivity contribution in [2.45, 2.75) is 12.1 Å². The van der Waals surface area contributed by atoms with Crippen LogP contribution >= 0.6 is 0 Å². The van der Waals surface area contributed by atoms with Gasteiger partial charge in [0.15, 0.2) is 0 Å². The molecule has 2 aliphatic heterocycles. The minimum absolute atomic E-state index is 0.0291. The first-order valence-electron chi connectivity index (χ1n) is 7.31. The van der Waals surface area contributed by atoms with E-state index in [9.17, 15) is 18.0 Å². The number of carbonyl (C=O) groups is 2. The highest BCUT2D eigenvalue weighted by molar-refractivity contribution is 7.80. The molecule has 3 amide bonds. The molecule has 25 heavy (non-hydrogen) atoms. The highest BCUT2D eigenvalue weighted by Crippen LogP contribution is 2.43. The molecule has 0 aliphatic carbocycles. The first-order chi connectivity index (χ1) is 11.8. The van der Waals surface area contributed by atoms with E-state index in [1.165, 1.54) is 11.1 Å². The number of hydroxylamine groups is 2. The van der Waals surface area contributed by atoms with Gasteiger partial charge in [0.2, 0.25) is 0 Å². The van der Waals surface area contributed by atoms with E-state index in [0.717, 1.165) is 4.68 Å². The Morgan fingerprint density at radius 2 is 2.20 bits per heavy atom. The molecule has 0 aromatic carbocycles.